The summed E-state index contributed by atoms with van der Waals surface area (Å²) in [5.74, 6) is -2.94. The Morgan fingerprint density at radius 3 is 2.90 bits per heavy atom. The van der Waals surface area contributed by atoms with E-state index in [0.717, 1.165) is 9.80 Å². The van der Waals surface area contributed by atoms with Gasteiger partial charge in [0.15, 0.2) is 11.6 Å². The van der Waals surface area contributed by atoms with Crippen molar-refractivity contribution in [2.24, 2.45) is 0 Å². The van der Waals surface area contributed by atoms with Gasteiger partial charge in [-0.25, -0.2) is 9.18 Å². The van der Waals surface area contributed by atoms with Gasteiger partial charge in [0.1, 0.15) is 0 Å². The van der Waals surface area contributed by atoms with Gasteiger partial charge in [0.05, 0.1) is 11.1 Å². The van der Waals surface area contributed by atoms with E-state index in [1.54, 1.807) is 6.07 Å². The number of hydrogen-bond acceptors (Lipinski definition) is 5. The Kier molecular flexibility index (Phi) is 2.66. The molecule has 0 unspecified atom stereocenters. The molecule has 3 aliphatic rings. The number of halogens is 1. The molecule has 0 aromatic heterocycles. The van der Waals surface area contributed by atoms with Crippen molar-refractivity contribution in [1.82, 2.24) is 0 Å². The second-order valence-corrected chi connectivity index (χ2v) is 5.92. The molecule has 2 heterocycles. The molecule has 7 heteroatoms. The molecule has 5 nitrogen and oxygen atoms in total. The molecule has 1 saturated heterocycles. The maximum Gasteiger partial charge on any atom is 0.411 e. The molecule has 0 radical (unpaired) electrons. The third-order valence-electron chi connectivity index (χ3n) is 3.43. The third kappa shape index (κ3) is 1.97. The van der Waals surface area contributed by atoms with E-state index >= 15 is 0 Å². The number of hydrogen-bond donors (Lipinski definition) is 1. The number of ether oxygens (including phenoxy) is 1. The number of carboxylic acids is 1. The lowest BCUT2D eigenvalue weighted by molar-refractivity contribution is -0.0151. The van der Waals surface area contributed by atoms with E-state index < -0.39 is 17.8 Å². The highest BCUT2D eigenvalue weighted by atomic mass is 32.2. The number of allylic oxidation sites excluding steroid dienone is 3. The first-order valence-corrected chi connectivity index (χ1v) is 7.11. The number of carbonyl (C=O) groups is 1. The lowest BCUT2D eigenvalue weighted by Crippen LogP contribution is -2.15. The van der Waals surface area contributed by atoms with Crippen LogP contribution >= 0.6 is 11.8 Å². The van der Waals surface area contributed by atoms with Gasteiger partial charge < -0.3 is 9.84 Å². The molecule has 1 N–H and O–H groups in total. The van der Waals surface area contributed by atoms with Gasteiger partial charge in [0.25, 0.3) is 0 Å². The van der Waals surface area contributed by atoms with Crippen molar-refractivity contribution in [2.45, 2.75) is 23.7 Å². The maximum atomic E-state index is 14.0. The number of aromatic carboxylic acids is 1. The summed E-state index contributed by atoms with van der Waals surface area (Å²) in [5, 5.41) is 9.09. The maximum absolute atomic E-state index is 14.0. The van der Waals surface area contributed by atoms with Gasteiger partial charge >= 0.3 is 11.9 Å². The number of rotatable bonds is 1. The van der Waals surface area contributed by atoms with Crippen LogP contribution in [0.5, 0.6) is 0 Å². The highest BCUT2D eigenvalue weighted by Crippen LogP contribution is 2.54. The molecule has 1 spiro atoms. The molecule has 0 saturated carbocycles. The van der Waals surface area contributed by atoms with E-state index in [1.165, 1.54) is 30.0 Å². The van der Waals surface area contributed by atoms with Crippen LogP contribution in [0.1, 0.15) is 28.8 Å². The quantitative estimate of drug-likeness (QED) is 0.633. The molecule has 0 atom stereocenters. The zero-order valence-electron chi connectivity index (χ0n) is 10.6. The SMILES string of the molecule is O=C(O)c1ccc2c(c1)C1(OO1)OC1=C(CCC=C1F)S2. The third-order valence-corrected chi connectivity index (χ3v) is 4.64. The van der Waals surface area contributed by atoms with Crippen molar-refractivity contribution < 1.29 is 28.8 Å². The smallest absolute Gasteiger partial charge is 0.411 e. The summed E-state index contributed by atoms with van der Waals surface area (Å²) in [5.41, 5.74) is 0.530. The van der Waals surface area contributed by atoms with Crippen molar-refractivity contribution in [1.29, 1.82) is 0 Å². The van der Waals surface area contributed by atoms with E-state index in [0.29, 0.717) is 18.4 Å². The van der Waals surface area contributed by atoms with Crippen molar-refractivity contribution in [3.63, 3.8) is 0 Å². The van der Waals surface area contributed by atoms with Gasteiger partial charge in [-0.2, -0.15) is 0 Å². The molecule has 1 aromatic carbocycles. The van der Waals surface area contributed by atoms with Gasteiger partial charge in [-0.3, -0.25) is 0 Å². The Labute approximate surface area is 122 Å². The van der Waals surface area contributed by atoms with Crippen LogP contribution < -0.4 is 0 Å². The van der Waals surface area contributed by atoms with Gasteiger partial charge in [-0.05, 0) is 37.1 Å². The molecule has 0 amide bonds. The summed E-state index contributed by atoms with van der Waals surface area (Å²) in [7, 11) is 0. The van der Waals surface area contributed by atoms with Crippen molar-refractivity contribution in [3.8, 4) is 0 Å². The van der Waals surface area contributed by atoms with Crippen LogP contribution in [0.2, 0.25) is 0 Å². The predicted molar refractivity (Wildman–Crippen MR) is 69.6 cm³/mol. The minimum Gasteiger partial charge on any atom is -0.478 e. The summed E-state index contributed by atoms with van der Waals surface area (Å²) in [4.78, 5) is 22.4. The summed E-state index contributed by atoms with van der Waals surface area (Å²) in [6.45, 7) is 0. The zero-order chi connectivity index (χ0) is 14.6. The van der Waals surface area contributed by atoms with Crippen molar-refractivity contribution in [3.05, 3.63) is 51.9 Å². The van der Waals surface area contributed by atoms with Crippen LogP contribution in [0, 0.1) is 0 Å². The Morgan fingerprint density at radius 2 is 2.19 bits per heavy atom. The van der Waals surface area contributed by atoms with Gasteiger partial charge in [-0.15, -0.1) is 9.78 Å². The first kappa shape index (κ1) is 12.9. The van der Waals surface area contributed by atoms with E-state index in [-0.39, 0.29) is 11.3 Å². The van der Waals surface area contributed by atoms with Crippen LogP contribution in [-0.4, -0.2) is 11.1 Å². The van der Waals surface area contributed by atoms with Crippen LogP contribution in [0.15, 0.2) is 45.7 Å². The van der Waals surface area contributed by atoms with Gasteiger partial charge in [0.2, 0.25) is 0 Å². The fourth-order valence-electron chi connectivity index (χ4n) is 2.35. The van der Waals surface area contributed by atoms with Crippen LogP contribution in [0.3, 0.4) is 0 Å². The zero-order valence-corrected chi connectivity index (χ0v) is 11.4. The molecule has 4 rings (SSSR count). The second kappa shape index (κ2) is 4.33. The highest BCUT2D eigenvalue weighted by Gasteiger charge is 2.58. The minimum absolute atomic E-state index is 0.0901. The number of carboxylic acid groups (broad SMARTS) is 1. The standard InChI is InChI=1S/C14H9FO5S/c15-9-2-1-3-11-12(9)18-14(19-20-14)8-6-7(13(16)17)4-5-10(8)21-11/h2,4-6H,1,3H2,(H,16,17). The van der Waals surface area contributed by atoms with E-state index in [4.69, 9.17) is 19.6 Å². The molecular weight excluding hydrogens is 299 g/mol. The Balaban J connectivity index is 1.85. The van der Waals surface area contributed by atoms with Crippen molar-refractivity contribution >= 4 is 17.7 Å². The fourth-order valence-corrected chi connectivity index (χ4v) is 3.49. The predicted octanol–water partition coefficient (Wildman–Crippen LogP) is 3.44. The Hall–Kier alpha value is -1.83. The number of benzene rings is 1. The number of thioether (sulfide) groups is 1. The van der Waals surface area contributed by atoms with Gasteiger partial charge in [-0.1, -0.05) is 11.8 Å². The minimum atomic E-state index is -1.53. The van der Waals surface area contributed by atoms with E-state index in [9.17, 15) is 9.18 Å². The normalized spacial score (nSPS) is 21.9. The Morgan fingerprint density at radius 1 is 1.38 bits per heavy atom. The summed E-state index contributed by atoms with van der Waals surface area (Å²) in [6, 6.07) is 4.58. The van der Waals surface area contributed by atoms with Crippen LogP contribution in [0.4, 0.5) is 4.39 Å². The first-order valence-electron chi connectivity index (χ1n) is 6.30. The van der Waals surface area contributed by atoms with Crippen LogP contribution in [0.25, 0.3) is 0 Å². The fraction of sp³-hybridized carbons (Fsp3) is 0.214. The van der Waals surface area contributed by atoms with Gasteiger partial charge in [0, 0.05) is 9.80 Å². The first-order chi connectivity index (χ1) is 10.1. The monoisotopic (exact) mass is 308 g/mol. The summed E-state index contributed by atoms with van der Waals surface area (Å²) >= 11 is 1.35. The topological polar surface area (TPSA) is 71.6 Å². The lowest BCUT2D eigenvalue weighted by Gasteiger charge is -2.15. The molecule has 0 bridgehead atoms. The molecule has 1 fully saturated rings. The molecule has 21 heavy (non-hydrogen) atoms. The van der Waals surface area contributed by atoms with E-state index in [2.05, 4.69) is 0 Å². The number of fused-ring (bicyclic) bond motifs is 2. The highest BCUT2D eigenvalue weighted by molar-refractivity contribution is 8.03. The molecule has 108 valence electrons. The summed E-state index contributed by atoms with van der Waals surface area (Å²) in [6.07, 6.45) is 2.70. The second-order valence-electron chi connectivity index (χ2n) is 4.79. The molecule has 1 aromatic rings. The molecule has 2 aliphatic heterocycles. The summed E-state index contributed by atoms with van der Waals surface area (Å²) < 4.78 is 19.5. The van der Waals surface area contributed by atoms with E-state index in [1.807, 2.05) is 0 Å². The molecular formula is C14H9FO5S. The largest absolute Gasteiger partial charge is 0.478 e. The lowest BCUT2D eigenvalue weighted by atomic mass is 10.1. The molecule has 1 aliphatic carbocycles. The average Bonchev–Trinajstić information content (AvgIpc) is 3.25. The average molecular weight is 308 g/mol. The Bertz CT molecular complexity index is 720. The van der Waals surface area contributed by atoms with Crippen LogP contribution in [-0.2, 0) is 20.5 Å². The van der Waals surface area contributed by atoms with Crippen molar-refractivity contribution in [2.75, 3.05) is 0 Å².